The van der Waals surface area contributed by atoms with Crippen LogP contribution in [0.1, 0.15) is 50.3 Å². The van der Waals surface area contributed by atoms with Gasteiger partial charge in [-0.1, -0.05) is 12.1 Å². The molecule has 1 atom stereocenters. The summed E-state index contributed by atoms with van der Waals surface area (Å²) in [4.78, 5) is 7.16. The van der Waals surface area contributed by atoms with E-state index in [-0.39, 0.29) is 11.9 Å². The highest BCUT2D eigenvalue weighted by Gasteiger charge is 2.11. The third-order valence-corrected chi connectivity index (χ3v) is 4.49. The first-order valence-electron chi connectivity index (χ1n) is 9.13. The van der Waals surface area contributed by atoms with Gasteiger partial charge in [-0.25, -0.2) is 4.39 Å². The van der Waals surface area contributed by atoms with Crippen molar-refractivity contribution in [1.82, 2.24) is 15.5 Å². The summed E-state index contributed by atoms with van der Waals surface area (Å²) < 4.78 is 13.7. The molecule has 0 radical (unpaired) electrons. The molecule has 1 aliphatic rings. The Labute approximate surface area is 145 Å². The van der Waals surface area contributed by atoms with Crippen molar-refractivity contribution in [2.24, 2.45) is 4.99 Å². The second-order valence-corrected chi connectivity index (χ2v) is 6.54. The summed E-state index contributed by atoms with van der Waals surface area (Å²) in [6, 6.07) is 5.40. The Bertz CT molecular complexity index is 538. The molecular formula is C19H31FN4. The van der Waals surface area contributed by atoms with Crippen LogP contribution in [-0.2, 0) is 0 Å². The van der Waals surface area contributed by atoms with E-state index in [1.807, 2.05) is 19.1 Å². The van der Waals surface area contributed by atoms with Gasteiger partial charge in [-0.2, -0.15) is 0 Å². The number of rotatable bonds is 7. The monoisotopic (exact) mass is 334 g/mol. The lowest BCUT2D eigenvalue weighted by atomic mass is 10.1. The van der Waals surface area contributed by atoms with E-state index in [4.69, 9.17) is 0 Å². The van der Waals surface area contributed by atoms with Crippen LogP contribution in [0.25, 0.3) is 0 Å². The second-order valence-electron chi connectivity index (χ2n) is 6.54. The van der Waals surface area contributed by atoms with Crippen molar-refractivity contribution in [3.63, 3.8) is 0 Å². The topological polar surface area (TPSA) is 39.7 Å². The molecule has 0 saturated carbocycles. The number of hydrogen-bond donors (Lipinski definition) is 2. The number of halogens is 1. The molecule has 0 aromatic heterocycles. The average Bonchev–Trinajstić information content (AvgIpc) is 3.07. The summed E-state index contributed by atoms with van der Waals surface area (Å²) in [5, 5.41) is 6.64. The Morgan fingerprint density at radius 3 is 2.75 bits per heavy atom. The molecule has 5 heteroatoms. The molecule has 0 amide bonds. The van der Waals surface area contributed by atoms with Crippen LogP contribution in [-0.4, -0.2) is 43.6 Å². The quantitative estimate of drug-likeness (QED) is 0.457. The van der Waals surface area contributed by atoms with Crippen molar-refractivity contribution in [2.45, 2.75) is 46.1 Å². The molecule has 1 unspecified atom stereocenters. The molecule has 2 rings (SSSR count). The maximum Gasteiger partial charge on any atom is 0.191 e. The van der Waals surface area contributed by atoms with Crippen molar-refractivity contribution < 1.29 is 4.39 Å². The molecule has 1 fully saturated rings. The van der Waals surface area contributed by atoms with E-state index in [2.05, 4.69) is 27.4 Å². The highest BCUT2D eigenvalue weighted by atomic mass is 19.1. The third kappa shape index (κ3) is 5.78. The van der Waals surface area contributed by atoms with Gasteiger partial charge in [0.25, 0.3) is 0 Å². The number of aliphatic imine (C=N–C) groups is 1. The number of guanidine groups is 1. The summed E-state index contributed by atoms with van der Waals surface area (Å²) >= 11 is 0. The largest absolute Gasteiger partial charge is 0.357 e. The fraction of sp³-hybridized carbons (Fsp3) is 0.632. The Morgan fingerprint density at radius 2 is 2.08 bits per heavy atom. The van der Waals surface area contributed by atoms with Crippen LogP contribution < -0.4 is 10.6 Å². The van der Waals surface area contributed by atoms with Crippen LogP contribution in [0.4, 0.5) is 4.39 Å². The summed E-state index contributed by atoms with van der Waals surface area (Å²) in [6.07, 6.45) is 3.74. The smallest absolute Gasteiger partial charge is 0.191 e. The lowest BCUT2D eigenvalue weighted by molar-refractivity contribution is 0.336. The highest BCUT2D eigenvalue weighted by Crippen LogP contribution is 2.16. The number of benzene rings is 1. The van der Waals surface area contributed by atoms with Gasteiger partial charge in [-0.15, -0.1) is 0 Å². The molecule has 0 aliphatic carbocycles. The number of hydrogen-bond acceptors (Lipinski definition) is 2. The molecule has 1 aromatic carbocycles. The molecule has 1 aromatic rings. The van der Waals surface area contributed by atoms with Crippen LogP contribution in [0.3, 0.4) is 0 Å². The number of likely N-dealkylation sites (tertiary alicyclic amines) is 1. The summed E-state index contributed by atoms with van der Waals surface area (Å²) in [6.45, 7) is 11.1. The van der Waals surface area contributed by atoms with E-state index < -0.39 is 0 Å². The van der Waals surface area contributed by atoms with E-state index in [1.165, 1.54) is 25.9 Å². The van der Waals surface area contributed by atoms with Crippen molar-refractivity contribution in [3.05, 3.63) is 35.1 Å². The third-order valence-electron chi connectivity index (χ3n) is 4.49. The number of nitrogens with one attached hydrogen (secondary N) is 2. The number of aryl methyl sites for hydroxylation is 1. The minimum Gasteiger partial charge on any atom is -0.357 e. The molecule has 4 nitrogen and oxygen atoms in total. The van der Waals surface area contributed by atoms with Crippen LogP contribution in [0.5, 0.6) is 0 Å². The second kappa shape index (κ2) is 9.62. The van der Waals surface area contributed by atoms with Crippen molar-refractivity contribution in [2.75, 3.05) is 32.7 Å². The van der Waals surface area contributed by atoms with E-state index in [0.29, 0.717) is 5.56 Å². The summed E-state index contributed by atoms with van der Waals surface area (Å²) in [5.41, 5.74) is 1.61. The van der Waals surface area contributed by atoms with Gasteiger partial charge < -0.3 is 15.5 Å². The summed E-state index contributed by atoms with van der Waals surface area (Å²) in [5.74, 6) is 0.640. The minimum atomic E-state index is -0.159. The lowest BCUT2D eigenvalue weighted by Crippen LogP contribution is -2.39. The SMILES string of the molecule is CCNC(=NCCCN1CCCC1)NC(C)c1ccc(C)c(F)c1. The minimum absolute atomic E-state index is 0.0106. The fourth-order valence-electron chi connectivity index (χ4n) is 2.98. The summed E-state index contributed by atoms with van der Waals surface area (Å²) in [7, 11) is 0. The van der Waals surface area contributed by atoms with Crippen molar-refractivity contribution in [1.29, 1.82) is 0 Å². The maximum absolute atomic E-state index is 13.7. The highest BCUT2D eigenvalue weighted by molar-refractivity contribution is 5.80. The molecular weight excluding hydrogens is 303 g/mol. The van der Waals surface area contributed by atoms with Crippen LogP contribution in [0.15, 0.2) is 23.2 Å². The molecule has 1 saturated heterocycles. The Hall–Kier alpha value is -1.62. The van der Waals surface area contributed by atoms with E-state index in [1.54, 1.807) is 13.0 Å². The van der Waals surface area contributed by atoms with Crippen LogP contribution in [0.2, 0.25) is 0 Å². The maximum atomic E-state index is 13.7. The zero-order valence-corrected chi connectivity index (χ0v) is 15.2. The molecule has 0 spiro atoms. The molecule has 1 heterocycles. The van der Waals surface area contributed by atoms with Gasteiger partial charge in [0.15, 0.2) is 5.96 Å². The van der Waals surface area contributed by atoms with Crippen LogP contribution in [0, 0.1) is 12.7 Å². The van der Waals surface area contributed by atoms with E-state index in [9.17, 15) is 4.39 Å². The van der Waals surface area contributed by atoms with E-state index >= 15 is 0 Å². The van der Waals surface area contributed by atoms with Gasteiger partial charge >= 0.3 is 0 Å². The predicted molar refractivity (Wildman–Crippen MR) is 99.0 cm³/mol. The number of nitrogens with zero attached hydrogens (tertiary/aromatic N) is 2. The van der Waals surface area contributed by atoms with Gasteiger partial charge in [-0.3, -0.25) is 4.99 Å². The zero-order chi connectivity index (χ0) is 17.4. The zero-order valence-electron chi connectivity index (χ0n) is 15.2. The van der Waals surface area contributed by atoms with Gasteiger partial charge in [0, 0.05) is 13.1 Å². The molecule has 0 bridgehead atoms. The van der Waals surface area contributed by atoms with Crippen LogP contribution >= 0.6 is 0 Å². The van der Waals surface area contributed by atoms with Gasteiger partial charge in [0.1, 0.15) is 5.82 Å². The normalized spacial score (nSPS) is 17.1. The van der Waals surface area contributed by atoms with E-state index in [0.717, 1.165) is 37.6 Å². The Kier molecular flexibility index (Phi) is 7.50. The van der Waals surface area contributed by atoms with Gasteiger partial charge in [0.2, 0.25) is 0 Å². The van der Waals surface area contributed by atoms with Crippen molar-refractivity contribution in [3.8, 4) is 0 Å². The molecule has 1 aliphatic heterocycles. The predicted octanol–water partition coefficient (Wildman–Crippen LogP) is 3.24. The lowest BCUT2D eigenvalue weighted by Gasteiger charge is -2.19. The Morgan fingerprint density at radius 1 is 1.33 bits per heavy atom. The van der Waals surface area contributed by atoms with Gasteiger partial charge in [-0.05, 0) is 76.9 Å². The fourth-order valence-corrected chi connectivity index (χ4v) is 2.98. The first-order valence-corrected chi connectivity index (χ1v) is 9.13. The molecule has 2 N–H and O–H groups in total. The first-order chi connectivity index (χ1) is 11.6. The molecule has 24 heavy (non-hydrogen) atoms. The average molecular weight is 334 g/mol. The Balaban J connectivity index is 1.86. The standard InChI is InChI=1S/C19H31FN4/c1-4-21-19(22-10-7-13-24-11-5-6-12-24)23-16(3)17-9-8-15(2)18(20)14-17/h8-9,14,16H,4-7,10-13H2,1-3H3,(H2,21,22,23). The first kappa shape index (κ1) is 18.7. The van der Waals surface area contributed by atoms with Gasteiger partial charge in [0.05, 0.1) is 6.04 Å². The molecule has 134 valence electrons. The van der Waals surface area contributed by atoms with Crippen molar-refractivity contribution >= 4 is 5.96 Å².